The molecule has 30 heavy (non-hydrogen) atoms. The Balaban J connectivity index is 0.000000672. The van der Waals surface area contributed by atoms with Crippen LogP contribution in [0.5, 0.6) is 0 Å². The van der Waals surface area contributed by atoms with E-state index in [1.807, 2.05) is 0 Å². The Morgan fingerprint density at radius 1 is 0.967 bits per heavy atom. The van der Waals surface area contributed by atoms with Gasteiger partial charge in [0.05, 0.1) is 5.52 Å². The van der Waals surface area contributed by atoms with Gasteiger partial charge in [-0.05, 0) is 36.4 Å². The van der Waals surface area contributed by atoms with E-state index in [4.69, 9.17) is 0 Å². The van der Waals surface area contributed by atoms with Gasteiger partial charge in [-0.2, -0.15) is 6.42 Å². The molecule has 0 atom stereocenters. The maximum absolute atomic E-state index is 4.51. The second kappa shape index (κ2) is 12.5. The van der Waals surface area contributed by atoms with Gasteiger partial charge in [-0.25, -0.2) is 0 Å². The van der Waals surface area contributed by atoms with Crippen LogP contribution in [0.3, 0.4) is 0 Å². The van der Waals surface area contributed by atoms with Gasteiger partial charge in [-0.3, -0.25) is 0 Å². The SMILES string of the molecule is C[Si](C)[N-]C(C)(C)C.Cc1ccc2c3c(n(-c4ccccc4)c2c1)C[CH-]C3.[Cl-].[Cl-].[Ti+4]. The van der Waals surface area contributed by atoms with E-state index >= 15 is 0 Å². The second-order valence-electron chi connectivity index (χ2n) is 8.54. The van der Waals surface area contributed by atoms with Crippen molar-refractivity contribution >= 4 is 19.9 Å². The van der Waals surface area contributed by atoms with Crippen LogP contribution in [0.25, 0.3) is 21.6 Å². The molecule has 0 saturated heterocycles. The van der Waals surface area contributed by atoms with Crippen molar-refractivity contribution in [3.05, 3.63) is 76.8 Å². The van der Waals surface area contributed by atoms with E-state index in [9.17, 15) is 0 Å². The van der Waals surface area contributed by atoms with E-state index in [0.717, 1.165) is 12.8 Å². The molecule has 2 aromatic carbocycles. The average Bonchev–Trinajstić information content (AvgIpc) is 3.13. The first-order chi connectivity index (χ1) is 12.8. The van der Waals surface area contributed by atoms with Crippen LogP contribution in [0.2, 0.25) is 13.1 Å². The van der Waals surface area contributed by atoms with Gasteiger partial charge in [0.1, 0.15) is 0 Å². The summed E-state index contributed by atoms with van der Waals surface area (Å²) in [7, 11) is -0.367. The predicted octanol–water partition coefficient (Wildman–Crippen LogP) is 0.657. The maximum Gasteiger partial charge on any atom is 4.00 e. The summed E-state index contributed by atoms with van der Waals surface area (Å²) in [4.78, 5) is 4.51. The van der Waals surface area contributed by atoms with Crippen LogP contribution < -0.4 is 24.8 Å². The zero-order valence-corrected chi connectivity index (χ0v) is 22.8. The summed E-state index contributed by atoms with van der Waals surface area (Å²) in [6.07, 6.45) is 4.57. The number of aromatic nitrogens is 1. The number of para-hydroxylation sites is 1. The van der Waals surface area contributed by atoms with Gasteiger partial charge < -0.3 is 40.8 Å². The van der Waals surface area contributed by atoms with Crippen molar-refractivity contribution in [1.29, 1.82) is 0 Å². The van der Waals surface area contributed by atoms with Crippen molar-refractivity contribution in [2.75, 3.05) is 0 Å². The number of hydrogen-bond donors (Lipinski definition) is 0. The Labute approximate surface area is 211 Å². The number of hydrogen-bond acceptors (Lipinski definition) is 0. The standard InChI is InChI=1S/C18H16N.C6H15NSi.2ClH.Ti/c1-13-10-11-16-15-8-5-9-17(15)19(18(16)12-13)14-6-3-2-4-7-14;1-6(2,3)7-8(4)5;;;/h2-7,10-12H,8-9H2,1H3;1-5H3;2*1H;/q2*-1;;;+4/p-2. The van der Waals surface area contributed by atoms with Crippen molar-refractivity contribution in [3.8, 4) is 5.69 Å². The minimum atomic E-state index is -0.367. The average molecular weight is 494 g/mol. The van der Waals surface area contributed by atoms with Gasteiger partial charge in [-0.15, -0.1) is 12.0 Å². The Kier molecular flexibility index (Phi) is 12.2. The Bertz CT molecular complexity index is 918. The Morgan fingerprint density at radius 3 is 2.13 bits per heavy atom. The monoisotopic (exact) mass is 493 g/mol. The van der Waals surface area contributed by atoms with Crippen molar-refractivity contribution in [2.45, 2.75) is 59.2 Å². The molecule has 4 rings (SSSR count). The Morgan fingerprint density at radius 2 is 1.60 bits per heavy atom. The molecule has 1 aromatic heterocycles. The van der Waals surface area contributed by atoms with Gasteiger partial charge in [0.25, 0.3) is 0 Å². The Hall–Kier alpha value is -0.549. The molecule has 1 aliphatic carbocycles. The third-order valence-electron chi connectivity index (χ3n) is 4.60. The van der Waals surface area contributed by atoms with Gasteiger partial charge in [0.2, 0.25) is 0 Å². The van der Waals surface area contributed by atoms with E-state index in [2.05, 4.69) is 105 Å². The molecular formula is C24H31Cl2N2SiTi. The van der Waals surface area contributed by atoms with Crippen LogP contribution in [0.1, 0.15) is 37.6 Å². The molecule has 3 aromatic rings. The molecule has 0 unspecified atom stereocenters. The number of benzene rings is 2. The first-order valence-corrected chi connectivity index (χ1v) is 12.2. The molecular weight excluding hydrogens is 463 g/mol. The van der Waals surface area contributed by atoms with E-state index in [1.165, 1.54) is 33.4 Å². The molecule has 0 N–H and O–H groups in total. The van der Waals surface area contributed by atoms with Crippen LogP contribution in [-0.4, -0.2) is 19.1 Å². The minimum Gasteiger partial charge on any atom is -1.00 e. The largest absolute Gasteiger partial charge is 4.00 e. The molecule has 1 radical (unpaired) electrons. The predicted molar refractivity (Wildman–Crippen MR) is 120 cm³/mol. The topological polar surface area (TPSA) is 19.0 Å². The zero-order valence-electron chi connectivity index (χ0n) is 18.8. The molecule has 0 amide bonds. The summed E-state index contributed by atoms with van der Waals surface area (Å²) in [6, 6.07) is 17.5. The van der Waals surface area contributed by atoms with Crippen molar-refractivity contribution in [2.24, 2.45) is 0 Å². The third kappa shape index (κ3) is 7.26. The molecule has 0 bridgehead atoms. The quantitative estimate of drug-likeness (QED) is 0.369. The fraction of sp³-hybridized carbons (Fsp3) is 0.375. The van der Waals surface area contributed by atoms with Crippen LogP contribution >= 0.6 is 0 Å². The molecule has 0 saturated carbocycles. The fourth-order valence-corrected chi connectivity index (χ4v) is 5.20. The maximum atomic E-state index is 4.51. The minimum absolute atomic E-state index is 0. The zero-order chi connectivity index (χ0) is 19.6. The first-order valence-electron chi connectivity index (χ1n) is 9.79. The van der Waals surface area contributed by atoms with Crippen LogP contribution in [0, 0.1) is 13.3 Å². The van der Waals surface area contributed by atoms with Crippen molar-refractivity contribution < 1.29 is 46.5 Å². The van der Waals surface area contributed by atoms with Gasteiger partial charge >= 0.3 is 21.7 Å². The number of halogens is 2. The molecule has 2 nitrogen and oxygen atoms in total. The van der Waals surface area contributed by atoms with Crippen LogP contribution in [-0.2, 0) is 34.6 Å². The summed E-state index contributed by atoms with van der Waals surface area (Å²) < 4.78 is 2.43. The smallest absolute Gasteiger partial charge is 1.00 e. The molecule has 159 valence electrons. The molecule has 1 aliphatic rings. The van der Waals surface area contributed by atoms with Gasteiger partial charge in [0.15, 0.2) is 0 Å². The molecule has 0 spiro atoms. The second-order valence-corrected chi connectivity index (χ2v) is 10.7. The summed E-state index contributed by atoms with van der Waals surface area (Å²) >= 11 is 0. The molecule has 6 heteroatoms. The van der Waals surface area contributed by atoms with Crippen molar-refractivity contribution in [3.63, 3.8) is 0 Å². The number of nitrogens with zero attached hydrogens (tertiary/aromatic N) is 2. The normalized spacial score (nSPS) is 12.2. The van der Waals surface area contributed by atoms with Crippen molar-refractivity contribution in [1.82, 2.24) is 4.57 Å². The van der Waals surface area contributed by atoms with E-state index in [0.29, 0.717) is 0 Å². The molecule has 0 aliphatic heterocycles. The summed E-state index contributed by atoms with van der Waals surface area (Å²) in [5.41, 5.74) is 7.12. The van der Waals surface area contributed by atoms with E-state index < -0.39 is 0 Å². The van der Waals surface area contributed by atoms with E-state index in [-0.39, 0.29) is 61.0 Å². The number of rotatable bonds is 2. The summed E-state index contributed by atoms with van der Waals surface area (Å²) in [5, 5.41) is 1.42. The summed E-state index contributed by atoms with van der Waals surface area (Å²) in [6.45, 7) is 13.0. The van der Waals surface area contributed by atoms with Crippen LogP contribution in [0.4, 0.5) is 0 Å². The van der Waals surface area contributed by atoms with Gasteiger partial charge in [0, 0.05) is 11.1 Å². The first kappa shape index (κ1) is 29.5. The summed E-state index contributed by atoms with van der Waals surface area (Å²) in [5.74, 6) is 0. The third-order valence-corrected chi connectivity index (χ3v) is 5.72. The van der Waals surface area contributed by atoms with Gasteiger partial charge in [-0.1, -0.05) is 78.7 Å². The number of fused-ring (bicyclic) bond motifs is 3. The fourth-order valence-electron chi connectivity index (χ4n) is 3.86. The van der Waals surface area contributed by atoms with Crippen LogP contribution in [0.15, 0.2) is 48.5 Å². The molecule has 0 fully saturated rings. The van der Waals surface area contributed by atoms with E-state index in [1.54, 1.807) is 0 Å². The number of aryl methyl sites for hydroxylation is 1. The molecule has 1 heterocycles.